The minimum Gasteiger partial charge on any atom is -0.391 e. The largest absolute Gasteiger partial charge is 0.391 e. The van der Waals surface area contributed by atoms with Crippen LogP contribution in [-0.2, 0) is 0 Å². The van der Waals surface area contributed by atoms with Crippen LogP contribution >= 0.6 is 12.2 Å². The van der Waals surface area contributed by atoms with E-state index < -0.39 is 5.54 Å². The molecule has 2 rings (SSSR count). The molecule has 1 amide bonds. The lowest BCUT2D eigenvalue weighted by Crippen LogP contribution is -2.56. The number of carbonyl (C=O) groups excluding carboxylic acids is 1. The third-order valence-corrected chi connectivity index (χ3v) is 4.11. The highest BCUT2D eigenvalue weighted by atomic mass is 32.1. The summed E-state index contributed by atoms with van der Waals surface area (Å²) >= 11 is 5.21. The van der Waals surface area contributed by atoms with Gasteiger partial charge in [-0.2, -0.15) is 0 Å². The molecule has 1 saturated carbocycles. The lowest BCUT2D eigenvalue weighted by atomic mass is 9.89. The van der Waals surface area contributed by atoms with Gasteiger partial charge >= 0.3 is 0 Å². The molecule has 1 aliphatic rings. The highest BCUT2D eigenvalue weighted by Gasteiger charge is 2.35. The zero-order chi connectivity index (χ0) is 13.7. The Balaban J connectivity index is 2.17. The summed E-state index contributed by atoms with van der Waals surface area (Å²) in [6, 6.07) is 3.39. The number of pyridine rings is 1. The molecule has 1 aromatic rings. The smallest absolute Gasteiger partial charge is 0.252 e. The summed E-state index contributed by atoms with van der Waals surface area (Å²) in [5.74, 6) is -0.128. The van der Waals surface area contributed by atoms with Crippen LogP contribution in [0.5, 0.6) is 0 Å². The van der Waals surface area contributed by atoms with Crippen molar-refractivity contribution >= 4 is 23.1 Å². The van der Waals surface area contributed by atoms with E-state index in [-0.39, 0.29) is 5.91 Å². The molecule has 0 spiro atoms. The molecule has 0 bridgehead atoms. The van der Waals surface area contributed by atoms with Gasteiger partial charge in [-0.05, 0) is 25.0 Å². The van der Waals surface area contributed by atoms with Crippen LogP contribution in [0.25, 0.3) is 0 Å². The first-order valence-electron chi connectivity index (χ1n) is 6.66. The molecule has 0 unspecified atom stereocenters. The molecule has 3 N–H and O–H groups in total. The van der Waals surface area contributed by atoms with E-state index in [1.165, 1.54) is 12.8 Å². The summed E-state index contributed by atoms with van der Waals surface area (Å²) < 4.78 is 0. The molecule has 5 heteroatoms. The average molecular weight is 277 g/mol. The van der Waals surface area contributed by atoms with Crippen LogP contribution in [0.3, 0.4) is 0 Å². The first-order chi connectivity index (χ1) is 9.14. The van der Waals surface area contributed by atoms with Gasteiger partial charge in [0.1, 0.15) is 0 Å². The van der Waals surface area contributed by atoms with E-state index in [1.54, 1.807) is 24.5 Å². The predicted octanol–water partition coefficient (Wildman–Crippen LogP) is 2.19. The maximum absolute atomic E-state index is 12.3. The van der Waals surface area contributed by atoms with Crippen LogP contribution in [0, 0.1) is 0 Å². The molecule has 19 heavy (non-hydrogen) atoms. The van der Waals surface area contributed by atoms with Crippen LogP contribution in [0.4, 0.5) is 0 Å². The third-order valence-electron chi connectivity index (χ3n) is 3.72. The number of thiocarbonyl (C=S) groups is 1. The molecule has 102 valence electrons. The van der Waals surface area contributed by atoms with Crippen molar-refractivity contribution in [3.8, 4) is 0 Å². The van der Waals surface area contributed by atoms with Gasteiger partial charge in [-0.1, -0.05) is 37.9 Å². The molecule has 0 radical (unpaired) electrons. The van der Waals surface area contributed by atoms with E-state index in [9.17, 15) is 4.79 Å². The van der Waals surface area contributed by atoms with Crippen LogP contribution in [0.1, 0.15) is 48.9 Å². The fourth-order valence-electron chi connectivity index (χ4n) is 2.56. The Bertz CT molecular complexity index is 453. The Kier molecular flexibility index (Phi) is 4.47. The SMILES string of the molecule is NC(=S)C1(NC(=O)c2ccncc2)CCCCCC1. The Morgan fingerprint density at radius 3 is 2.32 bits per heavy atom. The number of nitrogens with zero attached hydrogens (tertiary/aromatic N) is 1. The van der Waals surface area contributed by atoms with Crippen molar-refractivity contribution in [2.75, 3.05) is 0 Å². The molecule has 1 heterocycles. The number of aromatic nitrogens is 1. The monoisotopic (exact) mass is 277 g/mol. The second-order valence-corrected chi connectivity index (χ2v) is 5.49. The van der Waals surface area contributed by atoms with Gasteiger partial charge in [-0.15, -0.1) is 0 Å². The zero-order valence-electron chi connectivity index (χ0n) is 10.9. The van der Waals surface area contributed by atoms with Gasteiger partial charge in [0.2, 0.25) is 0 Å². The van der Waals surface area contributed by atoms with Gasteiger partial charge < -0.3 is 11.1 Å². The van der Waals surface area contributed by atoms with Crippen molar-refractivity contribution < 1.29 is 4.79 Å². The Labute approximate surface area is 118 Å². The summed E-state index contributed by atoms with van der Waals surface area (Å²) in [5.41, 5.74) is 5.97. The summed E-state index contributed by atoms with van der Waals surface area (Å²) in [5, 5.41) is 3.06. The number of nitrogens with two attached hydrogens (primary N) is 1. The van der Waals surface area contributed by atoms with Crippen LogP contribution in [0.15, 0.2) is 24.5 Å². The molecule has 0 saturated heterocycles. The number of hydrogen-bond acceptors (Lipinski definition) is 3. The molecule has 0 aliphatic heterocycles. The lowest BCUT2D eigenvalue weighted by Gasteiger charge is -2.32. The highest BCUT2D eigenvalue weighted by Crippen LogP contribution is 2.28. The highest BCUT2D eigenvalue weighted by molar-refractivity contribution is 7.80. The molecule has 4 nitrogen and oxygen atoms in total. The summed E-state index contributed by atoms with van der Waals surface area (Å²) in [4.78, 5) is 16.6. The fourth-order valence-corrected chi connectivity index (χ4v) is 2.81. The maximum atomic E-state index is 12.3. The topological polar surface area (TPSA) is 68.0 Å². The predicted molar refractivity (Wildman–Crippen MR) is 78.9 cm³/mol. The minimum atomic E-state index is -0.522. The van der Waals surface area contributed by atoms with E-state index in [2.05, 4.69) is 10.3 Å². The first kappa shape index (κ1) is 13.9. The van der Waals surface area contributed by atoms with E-state index in [0.717, 1.165) is 25.7 Å². The summed E-state index contributed by atoms with van der Waals surface area (Å²) in [6.07, 6.45) is 9.33. The number of hydrogen-bond donors (Lipinski definition) is 2. The maximum Gasteiger partial charge on any atom is 0.252 e. The summed E-state index contributed by atoms with van der Waals surface area (Å²) in [7, 11) is 0. The summed E-state index contributed by atoms with van der Waals surface area (Å²) in [6.45, 7) is 0. The van der Waals surface area contributed by atoms with E-state index >= 15 is 0 Å². The Hall–Kier alpha value is -1.49. The second kappa shape index (κ2) is 6.10. The second-order valence-electron chi connectivity index (χ2n) is 5.05. The van der Waals surface area contributed by atoms with E-state index in [0.29, 0.717) is 10.6 Å². The van der Waals surface area contributed by atoms with Gasteiger partial charge in [0.15, 0.2) is 0 Å². The van der Waals surface area contributed by atoms with Gasteiger partial charge in [-0.3, -0.25) is 9.78 Å². The van der Waals surface area contributed by atoms with Crippen molar-refractivity contribution in [3.05, 3.63) is 30.1 Å². The quantitative estimate of drug-likeness (QED) is 0.656. The van der Waals surface area contributed by atoms with Gasteiger partial charge in [0.05, 0.1) is 10.5 Å². The van der Waals surface area contributed by atoms with Crippen molar-refractivity contribution in [3.63, 3.8) is 0 Å². The lowest BCUT2D eigenvalue weighted by molar-refractivity contribution is 0.0917. The molecule has 0 aromatic carbocycles. The van der Waals surface area contributed by atoms with Crippen LogP contribution < -0.4 is 11.1 Å². The Morgan fingerprint density at radius 1 is 1.21 bits per heavy atom. The van der Waals surface area contributed by atoms with Crippen molar-refractivity contribution in [1.82, 2.24) is 10.3 Å². The molecule has 0 atom stereocenters. The van der Waals surface area contributed by atoms with E-state index in [4.69, 9.17) is 18.0 Å². The molecule has 1 aromatic heterocycles. The van der Waals surface area contributed by atoms with Crippen LogP contribution in [-0.4, -0.2) is 21.4 Å². The number of rotatable bonds is 3. The zero-order valence-corrected chi connectivity index (χ0v) is 11.7. The van der Waals surface area contributed by atoms with Gasteiger partial charge in [-0.25, -0.2) is 0 Å². The van der Waals surface area contributed by atoms with Crippen molar-refractivity contribution in [1.29, 1.82) is 0 Å². The molecular formula is C14H19N3OS. The number of carbonyl (C=O) groups is 1. The van der Waals surface area contributed by atoms with Gasteiger partial charge in [0.25, 0.3) is 5.91 Å². The Morgan fingerprint density at radius 2 is 1.79 bits per heavy atom. The average Bonchev–Trinajstić information content (AvgIpc) is 2.66. The van der Waals surface area contributed by atoms with E-state index in [1.807, 2.05) is 0 Å². The first-order valence-corrected chi connectivity index (χ1v) is 7.07. The van der Waals surface area contributed by atoms with Crippen molar-refractivity contribution in [2.24, 2.45) is 5.73 Å². The van der Waals surface area contributed by atoms with Crippen molar-refractivity contribution in [2.45, 2.75) is 44.1 Å². The van der Waals surface area contributed by atoms with Gasteiger partial charge in [0, 0.05) is 18.0 Å². The fraction of sp³-hybridized carbons (Fsp3) is 0.500. The third kappa shape index (κ3) is 3.29. The molecule has 1 fully saturated rings. The minimum absolute atomic E-state index is 0.128. The molecule has 1 aliphatic carbocycles. The standard InChI is InChI=1S/C14H19N3OS/c15-13(19)14(7-3-1-2-4-8-14)17-12(18)11-5-9-16-10-6-11/h5-6,9-10H,1-4,7-8H2,(H2,15,19)(H,17,18). The van der Waals surface area contributed by atoms with Crippen LogP contribution in [0.2, 0.25) is 0 Å². The number of amides is 1. The number of nitrogens with one attached hydrogen (secondary N) is 1. The molecular weight excluding hydrogens is 258 g/mol. The normalized spacial score (nSPS) is 18.3.